The number of allylic oxidation sites excluding steroid dienone is 2. The number of carbonyl (C=O) groups excluding carboxylic acids is 1. The molecule has 0 aromatic heterocycles. The molecule has 0 atom stereocenters. The van der Waals surface area contributed by atoms with Crippen LogP contribution in [0.5, 0.6) is 0 Å². The first-order chi connectivity index (χ1) is 7.75. The van der Waals surface area contributed by atoms with Gasteiger partial charge in [-0.1, -0.05) is 55.0 Å². The van der Waals surface area contributed by atoms with E-state index in [1.165, 1.54) is 43.0 Å². The highest BCUT2D eigenvalue weighted by Gasteiger charge is 2.19. The highest BCUT2D eigenvalue weighted by Crippen LogP contribution is 2.29. The Kier molecular flexibility index (Phi) is 7.02. The van der Waals surface area contributed by atoms with Gasteiger partial charge in [0.25, 0.3) is 0 Å². The van der Waals surface area contributed by atoms with Gasteiger partial charge in [0.15, 0.2) is 5.78 Å². The zero-order valence-corrected chi connectivity index (χ0v) is 11.9. The van der Waals surface area contributed by atoms with Crippen LogP contribution >= 0.6 is 15.9 Å². The number of rotatable bonds is 7. The van der Waals surface area contributed by atoms with Crippen molar-refractivity contribution in [2.24, 2.45) is 0 Å². The molecular formula is C14H23BrO. The molecule has 0 aromatic rings. The highest BCUT2D eigenvalue weighted by atomic mass is 79.9. The van der Waals surface area contributed by atoms with Crippen molar-refractivity contribution in [3.05, 3.63) is 10.1 Å². The zero-order chi connectivity index (χ0) is 11.8. The molecule has 2 heteroatoms. The maximum Gasteiger partial charge on any atom is 0.159 e. The summed E-state index contributed by atoms with van der Waals surface area (Å²) in [7, 11) is 0. The van der Waals surface area contributed by atoms with Crippen LogP contribution < -0.4 is 0 Å². The topological polar surface area (TPSA) is 17.1 Å². The number of hydrogen-bond donors (Lipinski definition) is 0. The van der Waals surface area contributed by atoms with Crippen LogP contribution in [-0.4, -0.2) is 5.78 Å². The maximum absolute atomic E-state index is 11.5. The van der Waals surface area contributed by atoms with E-state index in [1.807, 2.05) is 0 Å². The van der Waals surface area contributed by atoms with Crippen molar-refractivity contribution < 1.29 is 4.79 Å². The molecule has 1 aliphatic rings. The summed E-state index contributed by atoms with van der Waals surface area (Å²) in [6, 6.07) is 0. The van der Waals surface area contributed by atoms with E-state index in [9.17, 15) is 4.79 Å². The average Bonchev–Trinajstić information content (AvgIpc) is 2.69. The number of unbranched alkanes of at least 4 members (excludes halogenated alkanes) is 5. The second-order valence-electron chi connectivity index (χ2n) is 4.68. The Bertz CT molecular complexity index is 255. The van der Waals surface area contributed by atoms with Crippen molar-refractivity contribution in [1.82, 2.24) is 0 Å². The first-order valence-electron chi connectivity index (χ1n) is 6.66. The Labute approximate surface area is 108 Å². The summed E-state index contributed by atoms with van der Waals surface area (Å²) in [5.41, 5.74) is 1.08. The van der Waals surface area contributed by atoms with Crippen LogP contribution in [0.15, 0.2) is 10.1 Å². The normalized spacial score (nSPS) is 19.2. The number of carbonyl (C=O) groups is 1. The second-order valence-corrected chi connectivity index (χ2v) is 5.64. The Hall–Kier alpha value is -0.110. The Balaban J connectivity index is 2.15. The highest BCUT2D eigenvalue weighted by molar-refractivity contribution is 9.11. The number of Topliss-reactive ketones (excluding diaryl/α,β-unsaturated/α-hetero) is 1. The minimum Gasteiger partial charge on any atom is -0.295 e. The molecule has 0 N–H and O–H groups in total. The molecule has 0 spiro atoms. The quantitative estimate of drug-likeness (QED) is 0.468. The maximum atomic E-state index is 11.5. The van der Waals surface area contributed by atoms with Crippen molar-refractivity contribution >= 4 is 21.7 Å². The number of ketones is 1. The first kappa shape index (κ1) is 14.0. The van der Waals surface area contributed by atoms with Crippen LogP contribution in [0, 0.1) is 0 Å². The van der Waals surface area contributed by atoms with Crippen molar-refractivity contribution in [2.45, 2.75) is 71.1 Å². The lowest BCUT2D eigenvalue weighted by molar-refractivity contribution is -0.114. The molecule has 0 bridgehead atoms. The van der Waals surface area contributed by atoms with E-state index < -0.39 is 0 Å². The summed E-state index contributed by atoms with van der Waals surface area (Å²) in [6.45, 7) is 2.24. The van der Waals surface area contributed by atoms with Crippen molar-refractivity contribution in [2.75, 3.05) is 0 Å². The second kappa shape index (κ2) is 8.05. The van der Waals surface area contributed by atoms with Crippen LogP contribution in [0.4, 0.5) is 0 Å². The Morgan fingerprint density at radius 3 is 2.44 bits per heavy atom. The van der Waals surface area contributed by atoms with E-state index >= 15 is 0 Å². The summed E-state index contributed by atoms with van der Waals surface area (Å²) >= 11 is 3.59. The van der Waals surface area contributed by atoms with Crippen molar-refractivity contribution in [3.63, 3.8) is 0 Å². The zero-order valence-electron chi connectivity index (χ0n) is 10.4. The lowest BCUT2D eigenvalue weighted by Gasteiger charge is -2.03. The Morgan fingerprint density at radius 1 is 1.12 bits per heavy atom. The van der Waals surface area contributed by atoms with Crippen LogP contribution in [0.25, 0.3) is 0 Å². The van der Waals surface area contributed by atoms with Gasteiger partial charge in [-0.2, -0.15) is 0 Å². The molecule has 0 radical (unpaired) electrons. The van der Waals surface area contributed by atoms with E-state index in [4.69, 9.17) is 0 Å². The number of halogens is 1. The monoisotopic (exact) mass is 286 g/mol. The third-order valence-corrected chi connectivity index (χ3v) is 4.12. The van der Waals surface area contributed by atoms with Crippen LogP contribution in [0.1, 0.15) is 71.1 Å². The van der Waals surface area contributed by atoms with E-state index in [0.29, 0.717) is 5.78 Å². The largest absolute Gasteiger partial charge is 0.295 e. The van der Waals surface area contributed by atoms with Gasteiger partial charge in [-0.05, 0) is 25.7 Å². The molecule has 0 aliphatic heterocycles. The fourth-order valence-electron chi connectivity index (χ4n) is 2.21. The Morgan fingerprint density at radius 2 is 1.81 bits per heavy atom. The van der Waals surface area contributed by atoms with E-state index in [0.717, 1.165) is 31.3 Å². The lowest BCUT2D eigenvalue weighted by Crippen LogP contribution is -1.94. The van der Waals surface area contributed by atoms with Gasteiger partial charge in [-0.15, -0.1) is 0 Å². The van der Waals surface area contributed by atoms with Crippen LogP contribution in [-0.2, 0) is 4.79 Å². The summed E-state index contributed by atoms with van der Waals surface area (Å²) in [6.07, 6.45) is 11.8. The predicted molar refractivity (Wildman–Crippen MR) is 72.8 cm³/mol. The van der Waals surface area contributed by atoms with Gasteiger partial charge in [-0.25, -0.2) is 0 Å². The molecule has 0 unspecified atom stereocenters. The van der Waals surface area contributed by atoms with Gasteiger partial charge in [0.05, 0.1) is 0 Å². The summed E-state index contributed by atoms with van der Waals surface area (Å²) in [4.78, 5) is 11.5. The number of hydrogen-bond acceptors (Lipinski definition) is 1. The van der Waals surface area contributed by atoms with E-state index in [2.05, 4.69) is 22.9 Å². The molecule has 1 rings (SSSR count). The van der Waals surface area contributed by atoms with E-state index in [1.54, 1.807) is 0 Å². The molecule has 1 aliphatic carbocycles. The van der Waals surface area contributed by atoms with Crippen LogP contribution in [0.2, 0.25) is 0 Å². The minimum atomic E-state index is 0.373. The average molecular weight is 287 g/mol. The minimum absolute atomic E-state index is 0.373. The molecule has 0 amide bonds. The lowest BCUT2D eigenvalue weighted by atomic mass is 10.1. The van der Waals surface area contributed by atoms with Gasteiger partial charge in [0.1, 0.15) is 0 Å². The standard InChI is InChI=1S/C14H23BrO/c1-2-3-4-5-6-7-10-13(15)12-9-8-11-14(12)16/h2-11H2,1H3. The van der Waals surface area contributed by atoms with Crippen LogP contribution in [0.3, 0.4) is 0 Å². The van der Waals surface area contributed by atoms with Crippen molar-refractivity contribution in [1.29, 1.82) is 0 Å². The molecule has 16 heavy (non-hydrogen) atoms. The predicted octanol–water partition coefficient (Wildman–Crippen LogP) is 5.14. The summed E-state index contributed by atoms with van der Waals surface area (Å²) in [5, 5.41) is 0. The molecule has 0 aromatic carbocycles. The van der Waals surface area contributed by atoms with Gasteiger partial charge >= 0.3 is 0 Å². The summed E-state index contributed by atoms with van der Waals surface area (Å²) < 4.78 is 1.19. The molecular weight excluding hydrogens is 264 g/mol. The van der Waals surface area contributed by atoms with E-state index in [-0.39, 0.29) is 0 Å². The third-order valence-electron chi connectivity index (χ3n) is 3.24. The summed E-state index contributed by atoms with van der Waals surface area (Å²) in [5.74, 6) is 0.373. The van der Waals surface area contributed by atoms with Gasteiger partial charge < -0.3 is 0 Å². The molecule has 1 fully saturated rings. The van der Waals surface area contributed by atoms with Gasteiger partial charge in [-0.3, -0.25) is 4.79 Å². The van der Waals surface area contributed by atoms with Gasteiger partial charge in [0.2, 0.25) is 0 Å². The fourth-order valence-corrected chi connectivity index (χ4v) is 2.91. The smallest absolute Gasteiger partial charge is 0.159 e. The molecule has 92 valence electrons. The fraction of sp³-hybridized carbons (Fsp3) is 0.786. The molecule has 0 saturated heterocycles. The SMILES string of the molecule is CCCCCCCCC(Br)=C1CCCC1=O. The third kappa shape index (κ3) is 4.82. The first-order valence-corrected chi connectivity index (χ1v) is 7.45. The van der Waals surface area contributed by atoms with Gasteiger partial charge in [0, 0.05) is 16.5 Å². The molecule has 1 nitrogen and oxygen atoms in total. The molecule has 1 saturated carbocycles. The van der Waals surface area contributed by atoms with Crippen molar-refractivity contribution in [3.8, 4) is 0 Å². The molecule has 0 heterocycles.